The Kier molecular flexibility index (Phi) is 3.17. The van der Waals surface area contributed by atoms with Crippen molar-refractivity contribution in [3.05, 3.63) is 11.4 Å². The molecule has 94 valence electrons. The van der Waals surface area contributed by atoms with Crippen LogP contribution in [0.4, 0.5) is 11.6 Å². The molecule has 6 heteroatoms. The van der Waals surface area contributed by atoms with Gasteiger partial charge in [0.15, 0.2) is 0 Å². The van der Waals surface area contributed by atoms with Crippen LogP contribution >= 0.6 is 0 Å². The monoisotopic (exact) mass is 238 g/mol. The van der Waals surface area contributed by atoms with Gasteiger partial charge in [0.05, 0.1) is 12.2 Å². The minimum absolute atomic E-state index is 0.404. The lowest BCUT2D eigenvalue weighted by Crippen LogP contribution is -2.24. The Morgan fingerprint density at radius 2 is 1.76 bits per heavy atom. The van der Waals surface area contributed by atoms with Crippen molar-refractivity contribution in [2.75, 3.05) is 30.4 Å². The van der Waals surface area contributed by atoms with Crippen molar-refractivity contribution in [1.82, 2.24) is 9.97 Å². The van der Waals surface area contributed by atoms with Gasteiger partial charge in [-0.25, -0.2) is 9.97 Å². The second-order valence-electron chi connectivity index (χ2n) is 4.36. The fourth-order valence-corrected chi connectivity index (χ4v) is 2.11. The molecule has 17 heavy (non-hydrogen) atoms. The summed E-state index contributed by atoms with van der Waals surface area (Å²) in [6.45, 7) is 4.56. The van der Waals surface area contributed by atoms with E-state index in [1.54, 1.807) is 0 Å². The molecule has 0 amide bonds. The highest BCUT2D eigenvalue weighted by Crippen LogP contribution is 2.26. The summed E-state index contributed by atoms with van der Waals surface area (Å²) in [5, 5.41) is 22.2. The van der Waals surface area contributed by atoms with Crippen LogP contribution < -0.4 is 10.2 Å². The average molecular weight is 238 g/mol. The van der Waals surface area contributed by atoms with E-state index in [1.807, 2.05) is 25.8 Å². The van der Waals surface area contributed by atoms with Gasteiger partial charge in [-0.3, -0.25) is 0 Å². The zero-order valence-electron chi connectivity index (χ0n) is 10.3. The molecule has 1 saturated heterocycles. The Bertz CT molecular complexity index is 414. The molecular formula is C11H18N4O2. The second-order valence-corrected chi connectivity index (χ2v) is 4.36. The van der Waals surface area contributed by atoms with Crippen LogP contribution in [0.2, 0.25) is 0 Å². The highest BCUT2D eigenvalue weighted by Gasteiger charge is 2.31. The van der Waals surface area contributed by atoms with E-state index in [1.165, 1.54) is 0 Å². The fourth-order valence-electron chi connectivity index (χ4n) is 2.11. The lowest BCUT2D eigenvalue weighted by Gasteiger charge is -2.20. The number of aliphatic hydroxyl groups excluding tert-OH is 2. The maximum Gasteiger partial charge on any atom is 0.137 e. The number of β-amino-alcohol motifs (C(OH)–C–C–N with tert-alkyl or cyclic N) is 2. The Hall–Kier alpha value is -1.40. The van der Waals surface area contributed by atoms with Gasteiger partial charge in [0.2, 0.25) is 0 Å². The lowest BCUT2D eigenvalue weighted by molar-refractivity contribution is 0.0572. The number of aliphatic hydroxyl groups is 2. The van der Waals surface area contributed by atoms with Crippen LogP contribution in [-0.2, 0) is 0 Å². The number of hydrogen-bond acceptors (Lipinski definition) is 6. The van der Waals surface area contributed by atoms with E-state index in [-0.39, 0.29) is 0 Å². The van der Waals surface area contributed by atoms with Crippen LogP contribution in [0.1, 0.15) is 11.4 Å². The van der Waals surface area contributed by atoms with Gasteiger partial charge in [-0.05, 0) is 13.8 Å². The first-order valence-electron chi connectivity index (χ1n) is 5.67. The Labute approximate surface area is 100 Å². The van der Waals surface area contributed by atoms with Crippen molar-refractivity contribution in [3.8, 4) is 0 Å². The van der Waals surface area contributed by atoms with Crippen molar-refractivity contribution in [2.45, 2.75) is 26.1 Å². The molecule has 2 unspecified atom stereocenters. The predicted octanol–water partition coefficient (Wildman–Crippen LogP) is -0.323. The van der Waals surface area contributed by atoms with E-state index >= 15 is 0 Å². The summed E-state index contributed by atoms with van der Waals surface area (Å²) >= 11 is 0. The lowest BCUT2D eigenvalue weighted by atomic mass is 10.3. The number of aryl methyl sites for hydroxylation is 1. The normalized spacial score (nSPS) is 24.2. The van der Waals surface area contributed by atoms with Crippen molar-refractivity contribution < 1.29 is 10.2 Å². The summed E-state index contributed by atoms with van der Waals surface area (Å²) in [5.41, 5.74) is 0.930. The number of hydrogen-bond donors (Lipinski definition) is 3. The first-order valence-corrected chi connectivity index (χ1v) is 5.67. The Balaban J connectivity index is 2.36. The SMILES string of the molecule is CNc1nc(C)nc(N2CC(O)C(O)C2)c1C. The van der Waals surface area contributed by atoms with Gasteiger partial charge in [-0.1, -0.05) is 0 Å². The minimum atomic E-state index is -0.706. The van der Waals surface area contributed by atoms with Gasteiger partial charge in [0.25, 0.3) is 0 Å². The number of nitrogens with one attached hydrogen (secondary N) is 1. The van der Waals surface area contributed by atoms with Gasteiger partial charge < -0.3 is 20.4 Å². The molecule has 0 spiro atoms. The van der Waals surface area contributed by atoms with Crippen LogP contribution in [0.5, 0.6) is 0 Å². The van der Waals surface area contributed by atoms with Crippen molar-refractivity contribution in [3.63, 3.8) is 0 Å². The highest BCUT2D eigenvalue weighted by atomic mass is 16.3. The summed E-state index contributed by atoms with van der Waals surface area (Å²) in [4.78, 5) is 10.6. The van der Waals surface area contributed by atoms with Gasteiger partial charge in [-0.15, -0.1) is 0 Å². The molecule has 1 aliphatic rings. The van der Waals surface area contributed by atoms with Gasteiger partial charge in [-0.2, -0.15) is 0 Å². The van der Waals surface area contributed by atoms with Gasteiger partial charge >= 0.3 is 0 Å². The topological polar surface area (TPSA) is 81.5 Å². The van der Waals surface area contributed by atoms with E-state index in [0.29, 0.717) is 18.9 Å². The summed E-state index contributed by atoms with van der Waals surface area (Å²) < 4.78 is 0. The molecule has 1 fully saturated rings. The molecule has 0 bridgehead atoms. The molecule has 6 nitrogen and oxygen atoms in total. The van der Waals surface area contributed by atoms with E-state index in [9.17, 15) is 10.2 Å². The van der Waals surface area contributed by atoms with Crippen LogP contribution in [0, 0.1) is 13.8 Å². The summed E-state index contributed by atoms with van der Waals surface area (Å²) in [6.07, 6.45) is -1.41. The Morgan fingerprint density at radius 3 is 2.29 bits per heavy atom. The van der Waals surface area contributed by atoms with Gasteiger partial charge in [0, 0.05) is 25.7 Å². The third kappa shape index (κ3) is 2.18. The molecule has 2 heterocycles. The first kappa shape index (κ1) is 12.1. The van der Waals surface area contributed by atoms with Crippen LogP contribution in [0.3, 0.4) is 0 Å². The molecule has 3 N–H and O–H groups in total. The van der Waals surface area contributed by atoms with Crippen molar-refractivity contribution in [1.29, 1.82) is 0 Å². The minimum Gasteiger partial charge on any atom is -0.389 e. The molecule has 0 aromatic carbocycles. The van der Waals surface area contributed by atoms with Crippen molar-refractivity contribution >= 4 is 11.6 Å². The molecule has 0 radical (unpaired) electrons. The Morgan fingerprint density at radius 1 is 1.18 bits per heavy atom. The predicted molar refractivity (Wildman–Crippen MR) is 65.3 cm³/mol. The number of aromatic nitrogens is 2. The van der Waals surface area contributed by atoms with E-state index in [4.69, 9.17) is 0 Å². The second kappa shape index (κ2) is 4.46. The first-order chi connectivity index (χ1) is 8.02. The molecule has 2 atom stereocenters. The van der Waals surface area contributed by atoms with E-state index in [2.05, 4.69) is 15.3 Å². The highest BCUT2D eigenvalue weighted by molar-refractivity contribution is 5.59. The molecule has 2 rings (SSSR count). The quantitative estimate of drug-likeness (QED) is 0.655. The summed E-state index contributed by atoms with van der Waals surface area (Å²) in [5.74, 6) is 2.23. The van der Waals surface area contributed by atoms with Gasteiger partial charge in [0.1, 0.15) is 17.5 Å². The molecule has 0 saturated carbocycles. The standard InChI is InChI=1S/C11H18N4O2/c1-6-10(12-3)13-7(2)14-11(6)15-4-8(16)9(17)5-15/h8-9,16-17H,4-5H2,1-3H3,(H,12,13,14). The zero-order chi connectivity index (χ0) is 12.6. The number of anilines is 2. The largest absolute Gasteiger partial charge is 0.389 e. The third-order valence-electron chi connectivity index (χ3n) is 3.03. The molecule has 1 aliphatic heterocycles. The smallest absolute Gasteiger partial charge is 0.137 e. The van der Waals surface area contributed by atoms with E-state index < -0.39 is 12.2 Å². The number of rotatable bonds is 2. The van der Waals surface area contributed by atoms with Crippen LogP contribution in [-0.4, -0.2) is 52.5 Å². The maximum atomic E-state index is 9.57. The maximum absolute atomic E-state index is 9.57. The molecule has 1 aromatic rings. The van der Waals surface area contributed by atoms with Crippen LogP contribution in [0.25, 0.3) is 0 Å². The van der Waals surface area contributed by atoms with Crippen molar-refractivity contribution in [2.24, 2.45) is 0 Å². The molecular weight excluding hydrogens is 220 g/mol. The van der Waals surface area contributed by atoms with E-state index in [0.717, 1.165) is 17.2 Å². The molecule has 0 aliphatic carbocycles. The number of nitrogens with zero attached hydrogens (tertiary/aromatic N) is 3. The summed E-state index contributed by atoms with van der Waals surface area (Å²) in [7, 11) is 1.81. The summed E-state index contributed by atoms with van der Waals surface area (Å²) in [6, 6.07) is 0. The third-order valence-corrected chi connectivity index (χ3v) is 3.03. The average Bonchev–Trinajstić information content (AvgIpc) is 2.62. The molecule has 1 aromatic heterocycles. The fraction of sp³-hybridized carbons (Fsp3) is 0.636. The van der Waals surface area contributed by atoms with Crippen LogP contribution in [0.15, 0.2) is 0 Å². The zero-order valence-corrected chi connectivity index (χ0v) is 10.3.